The summed E-state index contributed by atoms with van der Waals surface area (Å²) < 4.78 is 6.35. The molecule has 0 radical (unpaired) electrons. The van der Waals surface area contributed by atoms with E-state index >= 15 is 0 Å². The molecule has 2 nitrogen and oxygen atoms in total. The van der Waals surface area contributed by atoms with E-state index in [1.807, 2.05) is 31.2 Å². The Balaban J connectivity index is 2.66. The Kier molecular flexibility index (Phi) is 3.66. The van der Waals surface area contributed by atoms with Gasteiger partial charge in [-0.05, 0) is 0 Å². The van der Waals surface area contributed by atoms with E-state index in [1.165, 1.54) is 0 Å². The summed E-state index contributed by atoms with van der Waals surface area (Å²) in [6.45, 7) is 2.63. The van der Waals surface area contributed by atoms with E-state index in [0.717, 1.165) is 10.2 Å². The molecule has 0 saturated heterocycles. The van der Waals surface area contributed by atoms with Gasteiger partial charge in [0, 0.05) is 0 Å². The summed E-state index contributed by atoms with van der Waals surface area (Å²) in [5.41, 5.74) is 0. The molecule has 0 atom stereocenters. The molecule has 0 amide bonds. The summed E-state index contributed by atoms with van der Waals surface area (Å²) in [7, 11) is 0. The Morgan fingerprint density at radius 1 is 1.42 bits per heavy atom. The second-order valence-corrected chi connectivity index (χ2v) is 3.90. The fourth-order valence-corrected chi connectivity index (χ4v) is 1.62. The van der Waals surface area contributed by atoms with Crippen LogP contribution >= 0.6 is 0 Å². The number of rotatable bonds is 3. The van der Waals surface area contributed by atoms with Crippen molar-refractivity contribution >= 4 is 19.4 Å². The van der Waals surface area contributed by atoms with Crippen LogP contribution in [0.1, 0.15) is 6.92 Å². The molecule has 0 saturated carbocycles. The minimum absolute atomic E-state index is 0.0508. The SMILES string of the molecule is CCOc1ccc([Se]C#N)cc1. The van der Waals surface area contributed by atoms with Crippen molar-refractivity contribution in [2.45, 2.75) is 6.92 Å². The van der Waals surface area contributed by atoms with Gasteiger partial charge >= 0.3 is 77.9 Å². The van der Waals surface area contributed by atoms with Gasteiger partial charge in [-0.1, -0.05) is 0 Å². The van der Waals surface area contributed by atoms with Crippen molar-refractivity contribution in [1.29, 1.82) is 5.26 Å². The monoisotopic (exact) mass is 227 g/mol. The van der Waals surface area contributed by atoms with Gasteiger partial charge < -0.3 is 0 Å². The molecule has 0 fully saturated rings. The van der Waals surface area contributed by atoms with E-state index < -0.39 is 0 Å². The zero-order valence-corrected chi connectivity index (χ0v) is 8.49. The van der Waals surface area contributed by atoms with Crippen LogP contribution in [0, 0.1) is 10.2 Å². The van der Waals surface area contributed by atoms with Gasteiger partial charge in [-0.3, -0.25) is 0 Å². The average molecular weight is 226 g/mol. The van der Waals surface area contributed by atoms with Crippen molar-refractivity contribution in [2.24, 2.45) is 0 Å². The predicted molar refractivity (Wildman–Crippen MR) is 48.6 cm³/mol. The fourth-order valence-electron chi connectivity index (χ4n) is 0.823. The molecule has 62 valence electrons. The van der Waals surface area contributed by atoms with Crippen LogP contribution in [-0.4, -0.2) is 21.6 Å². The van der Waals surface area contributed by atoms with Gasteiger partial charge in [0.25, 0.3) is 0 Å². The Morgan fingerprint density at radius 2 is 2.08 bits per heavy atom. The quantitative estimate of drug-likeness (QED) is 0.717. The molecule has 0 heterocycles. The number of hydrogen-bond donors (Lipinski definition) is 0. The Morgan fingerprint density at radius 3 is 2.58 bits per heavy atom. The van der Waals surface area contributed by atoms with Gasteiger partial charge in [0.15, 0.2) is 0 Å². The zero-order valence-electron chi connectivity index (χ0n) is 6.78. The molecule has 0 aliphatic heterocycles. The molecule has 0 unspecified atom stereocenters. The van der Waals surface area contributed by atoms with Crippen LogP contribution in [-0.2, 0) is 0 Å². The topological polar surface area (TPSA) is 33.0 Å². The van der Waals surface area contributed by atoms with Gasteiger partial charge in [0.05, 0.1) is 0 Å². The average Bonchev–Trinajstić information content (AvgIpc) is 2.09. The number of nitriles is 1. The summed E-state index contributed by atoms with van der Waals surface area (Å²) in [4.78, 5) is 2.16. The summed E-state index contributed by atoms with van der Waals surface area (Å²) in [5, 5.41) is 8.44. The second-order valence-electron chi connectivity index (χ2n) is 2.10. The number of hydrogen-bond acceptors (Lipinski definition) is 2. The molecule has 3 heteroatoms. The number of nitrogens with zero attached hydrogens (tertiary/aromatic N) is 1. The van der Waals surface area contributed by atoms with E-state index in [2.05, 4.69) is 4.97 Å². The van der Waals surface area contributed by atoms with Crippen LogP contribution in [0.2, 0.25) is 0 Å². The number of benzene rings is 1. The Bertz CT molecular complexity index is 276. The minimum atomic E-state index is -0.0508. The van der Waals surface area contributed by atoms with Crippen LogP contribution in [0.25, 0.3) is 0 Å². The molecule has 12 heavy (non-hydrogen) atoms. The molecular weight excluding hydrogens is 217 g/mol. The second kappa shape index (κ2) is 4.82. The maximum atomic E-state index is 8.44. The standard InChI is InChI=1S/C9H9NOSe/c1-2-11-8-3-5-9(6-4-8)12-7-10/h3-6H,2H2,1H3. The first-order valence-electron chi connectivity index (χ1n) is 3.65. The van der Waals surface area contributed by atoms with Crippen molar-refractivity contribution in [3.8, 4) is 10.7 Å². The van der Waals surface area contributed by atoms with Crippen molar-refractivity contribution in [3.05, 3.63) is 24.3 Å². The summed E-state index contributed by atoms with van der Waals surface area (Å²) in [5.74, 6) is 0.870. The molecule has 1 aromatic carbocycles. The third-order valence-electron chi connectivity index (χ3n) is 1.30. The molecule has 1 aromatic rings. The molecule has 0 N–H and O–H groups in total. The van der Waals surface area contributed by atoms with E-state index in [0.29, 0.717) is 6.61 Å². The molecule has 0 spiro atoms. The number of ether oxygens (including phenoxy) is 1. The predicted octanol–water partition coefficient (Wildman–Crippen LogP) is 0.896. The zero-order chi connectivity index (χ0) is 8.81. The van der Waals surface area contributed by atoms with E-state index in [-0.39, 0.29) is 15.0 Å². The molecule has 0 aliphatic rings. The Labute approximate surface area is 78.3 Å². The van der Waals surface area contributed by atoms with E-state index in [4.69, 9.17) is 10.00 Å². The first-order chi connectivity index (χ1) is 5.86. The van der Waals surface area contributed by atoms with Gasteiger partial charge in [-0.2, -0.15) is 0 Å². The Hall–Kier alpha value is -0.971. The van der Waals surface area contributed by atoms with Gasteiger partial charge in [0.2, 0.25) is 0 Å². The van der Waals surface area contributed by atoms with E-state index in [1.54, 1.807) is 0 Å². The molecule has 0 aromatic heterocycles. The summed E-state index contributed by atoms with van der Waals surface area (Å²) in [6, 6.07) is 7.68. The molecular formula is C9H9NOSe. The van der Waals surface area contributed by atoms with Crippen molar-refractivity contribution < 1.29 is 4.74 Å². The first-order valence-corrected chi connectivity index (χ1v) is 5.37. The normalized spacial score (nSPS) is 9.00. The van der Waals surface area contributed by atoms with Crippen molar-refractivity contribution in [1.82, 2.24) is 0 Å². The van der Waals surface area contributed by atoms with Gasteiger partial charge in [0.1, 0.15) is 0 Å². The maximum absolute atomic E-state index is 8.44. The summed E-state index contributed by atoms with van der Waals surface area (Å²) >= 11 is -0.0508. The van der Waals surface area contributed by atoms with Crippen LogP contribution in [0.5, 0.6) is 5.75 Å². The molecule has 0 aliphatic carbocycles. The van der Waals surface area contributed by atoms with Gasteiger partial charge in [-0.25, -0.2) is 0 Å². The van der Waals surface area contributed by atoms with Crippen molar-refractivity contribution in [2.75, 3.05) is 6.61 Å². The fraction of sp³-hybridized carbons (Fsp3) is 0.222. The molecule has 1 rings (SSSR count). The van der Waals surface area contributed by atoms with Crippen LogP contribution < -0.4 is 9.20 Å². The van der Waals surface area contributed by atoms with Gasteiger partial charge in [-0.15, -0.1) is 0 Å². The third kappa shape index (κ3) is 2.58. The third-order valence-corrected chi connectivity index (χ3v) is 2.56. The van der Waals surface area contributed by atoms with E-state index in [9.17, 15) is 0 Å². The van der Waals surface area contributed by atoms with Crippen LogP contribution in [0.3, 0.4) is 0 Å². The van der Waals surface area contributed by atoms with Crippen molar-refractivity contribution in [3.63, 3.8) is 0 Å². The van der Waals surface area contributed by atoms with Crippen LogP contribution in [0.15, 0.2) is 24.3 Å². The summed E-state index contributed by atoms with van der Waals surface area (Å²) in [6.07, 6.45) is 0. The molecule has 0 bridgehead atoms. The first kappa shape index (κ1) is 9.12. The van der Waals surface area contributed by atoms with Crippen LogP contribution in [0.4, 0.5) is 0 Å².